The van der Waals surface area contributed by atoms with Gasteiger partial charge in [0.15, 0.2) is 5.78 Å². The Kier molecular flexibility index (Phi) is 3.85. The van der Waals surface area contributed by atoms with Gasteiger partial charge in [0.05, 0.1) is 6.61 Å². The molecule has 2 heteroatoms. The predicted molar refractivity (Wildman–Crippen MR) is 30.4 cm³/mol. The second-order valence-corrected chi connectivity index (χ2v) is 1.31. The summed E-state index contributed by atoms with van der Waals surface area (Å²) in [5, 5.41) is 8.13. The van der Waals surface area contributed by atoms with Gasteiger partial charge >= 0.3 is 0 Å². The molecule has 0 aliphatic heterocycles. The summed E-state index contributed by atoms with van der Waals surface area (Å²) >= 11 is 0. The molecule has 0 bridgehead atoms. The molecule has 0 saturated carbocycles. The molecule has 0 saturated heterocycles. The normalized spacial score (nSPS) is 7.25. The molecule has 0 rings (SSSR count). The van der Waals surface area contributed by atoms with Crippen molar-refractivity contribution in [1.82, 2.24) is 0 Å². The van der Waals surface area contributed by atoms with Gasteiger partial charge in [0.2, 0.25) is 0 Å². The molecule has 0 radical (unpaired) electrons. The van der Waals surface area contributed by atoms with Gasteiger partial charge in [-0.2, -0.15) is 0 Å². The van der Waals surface area contributed by atoms with E-state index >= 15 is 0 Å². The molecule has 0 atom stereocenters. The van der Waals surface area contributed by atoms with Crippen LogP contribution in [0, 0.1) is 0 Å². The van der Waals surface area contributed by atoms with Crippen LogP contribution in [0.5, 0.6) is 0 Å². The molecular formula is C6H8O2. The summed E-state index contributed by atoms with van der Waals surface area (Å²) in [6, 6.07) is 0. The van der Waals surface area contributed by atoms with Crippen molar-refractivity contribution >= 4 is 5.78 Å². The molecule has 0 heterocycles. The van der Waals surface area contributed by atoms with E-state index in [1.54, 1.807) is 0 Å². The van der Waals surface area contributed by atoms with Crippen LogP contribution in [0.15, 0.2) is 17.9 Å². The number of aliphatic hydroxyl groups excluding tert-OH is 1. The first-order valence-corrected chi connectivity index (χ1v) is 2.29. The van der Waals surface area contributed by atoms with E-state index < -0.39 is 0 Å². The predicted octanol–water partition coefficient (Wildman–Crippen LogP) is 0.279. The largest absolute Gasteiger partial charge is 0.392 e. The van der Waals surface area contributed by atoms with E-state index in [2.05, 4.69) is 5.73 Å². The first-order chi connectivity index (χ1) is 3.77. The van der Waals surface area contributed by atoms with Crippen LogP contribution in [-0.2, 0) is 4.79 Å². The van der Waals surface area contributed by atoms with Gasteiger partial charge in [-0.3, -0.25) is 4.79 Å². The number of hydrogen-bond acceptors (Lipinski definition) is 2. The molecule has 2 nitrogen and oxygen atoms in total. The van der Waals surface area contributed by atoms with Crippen molar-refractivity contribution < 1.29 is 9.90 Å². The van der Waals surface area contributed by atoms with Crippen molar-refractivity contribution in [1.29, 1.82) is 0 Å². The number of rotatable bonds is 2. The fraction of sp³-hybridized carbons (Fsp3) is 0.333. The van der Waals surface area contributed by atoms with E-state index in [0.29, 0.717) is 0 Å². The van der Waals surface area contributed by atoms with Crippen molar-refractivity contribution in [3.63, 3.8) is 0 Å². The van der Waals surface area contributed by atoms with E-state index in [-0.39, 0.29) is 12.4 Å². The molecule has 0 aromatic rings. The summed E-state index contributed by atoms with van der Waals surface area (Å²) < 4.78 is 0. The number of carbonyl (C=O) groups excluding carboxylic acids is 1. The molecule has 0 aliphatic rings. The average molecular weight is 112 g/mol. The maximum atomic E-state index is 10.1. The molecule has 0 aromatic carbocycles. The minimum absolute atomic E-state index is 0.0605. The summed E-state index contributed by atoms with van der Waals surface area (Å²) in [6.45, 7) is 1.36. The van der Waals surface area contributed by atoms with E-state index in [4.69, 9.17) is 5.11 Å². The molecule has 44 valence electrons. The zero-order valence-electron chi connectivity index (χ0n) is 4.72. The molecule has 0 fully saturated rings. The van der Waals surface area contributed by atoms with Gasteiger partial charge in [0, 0.05) is 6.08 Å². The third-order valence-electron chi connectivity index (χ3n) is 0.496. The van der Waals surface area contributed by atoms with E-state index in [0.717, 1.165) is 0 Å². The quantitative estimate of drug-likeness (QED) is 0.411. The number of hydrogen-bond donors (Lipinski definition) is 1. The summed E-state index contributed by atoms with van der Waals surface area (Å²) in [7, 11) is 0. The molecule has 0 unspecified atom stereocenters. The highest BCUT2D eigenvalue weighted by molar-refractivity contribution is 5.86. The van der Waals surface area contributed by atoms with Gasteiger partial charge in [-0.05, 0) is 13.0 Å². The minimum Gasteiger partial charge on any atom is -0.392 e. The van der Waals surface area contributed by atoms with Crippen LogP contribution < -0.4 is 0 Å². The first kappa shape index (κ1) is 7.15. The summed E-state index contributed by atoms with van der Waals surface area (Å²) in [5.41, 5.74) is 2.48. The van der Waals surface area contributed by atoms with Crippen molar-refractivity contribution in [3.8, 4) is 0 Å². The van der Waals surface area contributed by atoms with Crippen molar-refractivity contribution in [2.24, 2.45) is 0 Å². The Morgan fingerprint density at radius 2 is 2.50 bits per heavy atom. The van der Waals surface area contributed by atoms with E-state index in [9.17, 15) is 4.79 Å². The van der Waals surface area contributed by atoms with Crippen molar-refractivity contribution in [3.05, 3.63) is 17.9 Å². The van der Waals surface area contributed by atoms with E-state index in [1.165, 1.54) is 19.1 Å². The number of aliphatic hydroxyl groups is 1. The second-order valence-electron chi connectivity index (χ2n) is 1.31. The van der Waals surface area contributed by atoms with Gasteiger partial charge in [-0.1, -0.05) is 0 Å². The van der Waals surface area contributed by atoms with Crippen LogP contribution in [0.2, 0.25) is 0 Å². The Morgan fingerprint density at radius 1 is 1.88 bits per heavy atom. The highest BCUT2D eigenvalue weighted by Crippen LogP contribution is 1.68. The topological polar surface area (TPSA) is 37.3 Å². The highest BCUT2D eigenvalue weighted by Gasteiger charge is 1.74. The fourth-order valence-corrected chi connectivity index (χ4v) is 0.229. The lowest BCUT2D eigenvalue weighted by Crippen LogP contribution is -1.76. The Hall–Kier alpha value is -0.850. The standard InChI is InChI=1S/C6H8O2/c1-6(8)4-2-3-5-7/h3-4,7H,5H2,1H3. The molecule has 8 heavy (non-hydrogen) atoms. The maximum Gasteiger partial charge on any atom is 0.160 e. The lowest BCUT2D eigenvalue weighted by molar-refractivity contribution is -0.112. The molecule has 0 amide bonds. The van der Waals surface area contributed by atoms with Gasteiger partial charge in [0.25, 0.3) is 0 Å². The third kappa shape index (κ3) is 5.15. The molecule has 0 aromatic heterocycles. The Morgan fingerprint density at radius 3 is 2.88 bits per heavy atom. The summed E-state index contributed by atoms with van der Waals surface area (Å²) in [4.78, 5) is 10.1. The van der Waals surface area contributed by atoms with Crippen LogP contribution in [0.4, 0.5) is 0 Å². The van der Waals surface area contributed by atoms with Gasteiger partial charge < -0.3 is 5.11 Å². The molecular weight excluding hydrogens is 104 g/mol. The van der Waals surface area contributed by atoms with Crippen LogP contribution >= 0.6 is 0 Å². The van der Waals surface area contributed by atoms with E-state index in [1.807, 2.05) is 0 Å². The first-order valence-electron chi connectivity index (χ1n) is 2.29. The molecule has 0 spiro atoms. The van der Waals surface area contributed by atoms with Crippen molar-refractivity contribution in [2.75, 3.05) is 6.61 Å². The molecule has 1 N–H and O–H groups in total. The Bertz CT molecular complexity index is 129. The fourth-order valence-electron chi connectivity index (χ4n) is 0.229. The van der Waals surface area contributed by atoms with Crippen molar-refractivity contribution in [2.45, 2.75) is 6.92 Å². The zero-order chi connectivity index (χ0) is 6.41. The Balaban J connectivity index is 3.64. The van der Waals surface area contributed by atoms with Crippen LogP contribution in [0.3, 0.4) is 0 Å². The zero-order valence-corrected chi connectivity index (χ0v) is 4.72. The Labute approximate surface area is 48.1 Å². The third-order valence-corrected chi connectivity index (χ3v) is 0.496. The van der Waals surface area contributed by atoms with Crippen LogP contribution in [-0.4, -0.2) is 17.5 Å². The van der Waals surface area contributed by atoms with Crippen LogP contribution in [0.1, 0.15) is 6.92 Å². The second kappa shape index (κ2) is 4.31. The minimum atomic E-state index is -0.0657. The van der Waals surface area contributed by atoms with Gasteiger partial charge in [-0.25, -0.2) is 0 Å². The number of ketones is 1. The molecule has 0 aliphatic carbocycles. The summed E-state index contributed by atoms with van der Waals surface area (Å²) in [5.74, 6) is -0.0605. The smallest absolute Gasteiger partial charge is 0.160 e. The summed E-state index contributed by atoms with van der Waals surface area (Å²) in [6.07, 6.45) is 2.65. The van der Waals surface area contributed by atoms with Crippen LogP contribution in [0.25, 0.3) is 0 Å². The maximum absolute atomic E-state index is 10.1. The monoisotopic (exact) mass is 112 g/mol. The lowest BCUT2D eigenvalue weighted by Gasteiger charge is -1.69. The SMILES string of the molecule is CC(=O)C=C=CCO. The highest BCUT2D eigenvalue weighted by atomic mass is 16.2. The number of carbonyl (C=O) groups is 1. The average Bonchev–Trinajstić information content (AvgIpc) is 1.66. The van der Waals surface area contributed by atoms with Gasteiger partial charge in [-0.15, -0.1) is 5.73 Å². The lowest BCUT2D eigenvalue weighted by atomic mass is 10.4. The van der Waals surface area contributed by atoms with Gasteiger partial charge in [0.1, 0.15) is 0 Å².